The van der Waals surface area contributed by atoms with Gasteiger partial charge in [0.05, 0.1) is 0 Å². The van der Waals surface area contributed by atoms with Gasteiger partial charge in [0.2, 0.25) is 5.91 Å². The number of hydrogen-bond donors (Lipinski definition) is 1. The van der Waals surface area contributed by atoms with E-state index >= 15 is 0 Å². The van der Waals surface area contributed by atoms with Crippen LogP contribution in [0.4, 0.5) is 0 Å². The number of carbonyl (C=O) groups is 1. The molecule has 2 fully saturated rings. The first-order valence-corrected chi connectivity index (χ1v) is 5.69. The van der Waals surface area contributed by atoms with Gasteiger partial charge in [-0.25, -0.2) is 0 Å². The highest BCUT2D eigenvalue weighted by atomic mass is 16.2. The molecule has 1 amide bonds. The number of hydrogen-bond acceptors (Lipinski definition) is 2. The van der Waals surface area contributed by atoms with Crippen LogP contribution in [0.1, 0.15) is 33.1 Å². The maximum absolute atomic E-state index is 11.6. The van der Waals surface area contributed by atoms with Gasteiger partial charge < -0.3 is 10.2 Å². The molecule has 0 radical (unpaired) electrons. The quantitative estimate of drug-likeness (QED) is 0.727. The SMILES string of the molecule is CC(C)N1CC(CNC2CC2)CC1=O. The third-order valence-electron chi connectivity index (χ3n) is 3.13. The first-order valence-electron chi connectivity index (χ1n) is 5.69. The minimum Gasteiger partial charge on any atom is -0.340 e. The molecule has 1 aliphatic heterocycles. The molecular formula is C11H20N2O. The second-order valence-corrected chi connectivity index (χ2v) is 4.89. The normalized spacial score (nSPS) is 27.8. The number of carbonyl (C=O) groups excluding carboxylic acids is 1. The molecule has 3 nitrogen and oxygen atoms in total. The van der Waals surface area contributed by atoms with Crippen molar-refractivity contribution >= 4 is 5.91 Å². The highest BCUT2D eigenvalue weighted by Crippen LogP contribution is 2.22. The van der Waals surface area contributed by atoms with Crippen LogP contribution in [0, 0.1) is 5.92 Å². The van der Waals surface area contributed by atoms with E-state index in [0.717, 1.165) is 25.6 Å². The smallest absolute Gasteiger partial charge is 0.223 e. The van der Waals surface area contributed by atoms with Gasteiger partial charge in [-0.15, -0.1) is 0 Å². The number of nitrogens with one attached hydrogen (secondary N) is 1. The van der Waals surface area contributed by atoms with Crippen molar-refractivity contribution in [2.45, 2.75) is 45.2 Å². The van der Waals surface area contributed by atoms with Gasteiger partial charge in [-0.2, -0.15) is 0 Å². The summed E-state index contributed by atoms with van der Waals surface area (Å²) < 4.78 is 0. The summed E-state index contributed by atoms with van der Waals surface area (Å²) in [6.45, 7) is 6.17. The second-order valence-electron chi connectivity index (χ2n) is 4.89. The van der Waals surface area contributed by atoms with Crippen LogP contribution >= 0.6 is 0 Å². The van der Waals surface area contributed by atoms with Crippen molar-refractivity contribution in [3.63, 3.8) is 0 Å². The maximum atomic E-state index is 11.6. The Hall–Kier alpha value is -0.570. The highest BCUT2D eigenvalue weighted by molar-refractivity contribution is 5.78. The molecule has 0 aromatic heterocycles. The first kappa shape index (κ1) is 9.97. The molecular weight excluding hydrogens is 176 g/mol. The Morgan fingerprint density at radius 2 is 2.21 bits per heavy atom. The zero-order valence-corrected chi connectivity index (χ0v) is 9.12. The van der Waals surface area contributed by atoms with Crippen molar-refractivity contribution in [1.29, 1.82) is 0 Å². The summed E-state index contributed by atoms with van der Waals surface area (Å²) in [7, 11) is 0. The molecule has 1 heterocycles. The van der Waals surface area contributed by atoms with Crippen LogP contribution in [-0.4, -0.2) is 36.0 Å². The van der Waals surface area contributed by atoms with E-state index in [1.165, 1.54) is 12.8 Å². The van der Waals surface area contributed by atoms with Crippen molar-refractivity contribution in [2.75, 3.05) is 13.1 Å². The van der Waals surface area contributed by atoms with Gasteiger partial charge in [0.15, 0.2) is 0 Å². The Morgan fingerprint density at radius 1 is 1.50 bits per heavy atom. The van der Waals surface area contributed by atoms with Gasteiger partial charge in [-0.3, -0.25) is 4.79 Å². The van der Waals surface area contributed by atoms with E-state index in [1.807, 2.05) is 4.90 Å². The summed E-state index contributed by atoms with van der Waals surface area (Å²) in [5, 5.41) is 3.50. The van der Waals surface area contributed by atoms with Crippen LogP contribution in [-0.2, 0) is 4.79 Å². The van der Waals surface area contributed by atoms with Crippen molar-refractivity contribution in [1.82, 2.24) is 10.2 Å². The lowest BCUT2D eigenvalue weighted by atomic mass is 10.1. The number of rotatable bonds is 4. The lowest BCUT2D eigenvalue weighted by Gasteiger charge is -2.21. The molecule has 14 heavy (non-hydrogen) atoms. The second kappa shape index (κ2) is 3.89. The Labute approximate surface area is 85.8 Å². The summed E-state index contributed by atoms with van der Waals surface area (Å²) in [4.78, 5) is 13.6. The fourth-order valence-electron chi connectivity index (χ4n) is 2.07. The summed E-state index contributed by atoms with van der Waals surface area (Å²) >= 11 is 0. The molecule has 0 aromatic carbocycles. The molecule has 1 unspecified atom stereocenters. The predicted molar refractivity (Wildman–Crippen MR) is 56.0 cm³/mol. The Kier molecular flexibility index (Phi) is 2.77. The van der Waals surface area contributed by atoms with Crippen molar-refractivity contribution in [3.05, 3.63) is 0 Å². The van der Waals surface area contributed by atoms with Crippen LogP contribution in [0.25, 0.3) is 0 Å². The van der Waals surface area contributed by atoms with Gasteiger partial charge in [0, 0.05) is 31.6 Å². The zero-order valence-electron chi connectivity index (χ0n) is 9.12. The van der Waals surface area contributed by atoms with Crippen LogP contribution in [0.2, 0.25) is 0 Å². The number of amides is 1. The fourth-order valence-corrected chi connectivity index (χ4v) is 2.07. The van der Waals surface area contributed by atoms with E-state index in [2.05, 4.69) is 19.2 Å². The maximum Gasteiger partial charge on any atom is 0.223 e. The lowest BCUT2D eigenvalue weighted by Crippen LogP contribution is -2.33. The van der Waals surface area contributed by atoms with Gasteiger partial charge in [-0.1, -0.05) is 0 Å². The lowest BCUT2D eigenvalue weighted by molar-refractivity contribution is -0.129. The first-order chi connectivity index (χ1) is 6.66. The summed E-state index contributed by atoms with van der Waals surface area (Å²) in [6, 6.07) is 1.13. The molecule has 2 aliphatic rings. The largest absolute Gasteiger partial charge is 0.340 e. The monoisotopic (exact) mass is 196 g/mol. The van der Waals surface area contributed by atoms with Crippen molar-refractivity contribution in [3.8, 4) is 0 Å². The molecule has 0 bridgehead atoms. The van der Waals surface area contributed by atoms with E-state index < -0.39 is 0 Å². The summed E-state index contributed by atoms with van der Waals surface area (Å²) in [5.74, 6) is 0.882. The van der Waals surface area contributed by atoms with Gasteiger partial charge in [0.1, 0.15) is 0 Å². The Bertz CT molecular complexity index is 223. The molecule has 1 aliphatic carbocycles. The Morgan fingerprint density at radius 3 is 2.71 bits per heavy atom. The fraction of sp³-hybridized carbons (Fsp3) is 0.909. The van der Waals surface area contributed by atoms with Crippen LogP contribution in [0.15, 0.2) is 0 Å². The van der Waals surface area contributed by atoms with Crippen molar-refractivity contribution in [2.24, 2.45) is 5.92 Å². The molecule has 2 rings (SSSR count). The average molecular weight is 196 g/mol. The van der Waals surface area contributed by atoms with Gasteiger partial charge in [0.25, 0.3) is 0 Å². The summed E-state index contributed by atoms with van der Waals surface area (Å²) in [5.41, 5.74) is 0. The van der Waals surface area contributed by atoms with Crippen molar-refractivity contribution < 1.29 is 4.79 Å². The van der Waals surface area contributed by atoms with E-state index in [4.69, 9.17) is 0 Å². The third-order valence-corrected chi connectivity index (χ3v) is 3.13. The standard InChI is InChI=1S/C11H20N2O/c1-8(2)13-7-9(5-11(13)14)6-12-10-3-4-10/h8-10,12H,3-7H2,1-2H3. The molecule has 0 spiro atoms. The minimum absolute atomic E-state index is 0.336. The topological polar surface area (TPSA) is 32.3 Å². The molecule has 0 aromatic rings. The molecule has 1 N–H and O–H groups in total. The summed E-state index contributed by atoms with van der Waals surface area (Å²) in [6.07, 6.45) is 3.40. The molecule has 1 atom stereocenters. The van der Waals surface area contributed by atoms with Gasteiger partial charge >= 0.3 is 0 Å². The average Bonchev–Trinajstić information content (AvgIpc) is 2.86. The Balaban J connectivity index is 1.76. The molecule has 1 saturated heterocycles. The number of likely N-dealkylation sites (tertiary alicyclic amines) is 1. The third kappa shape index (κ3) is 2.27. The predicted octanol–water partition coefficient (Wildman–Crippen LogP) is 0.995. The van der Waals surface area contributed by atoms with E-state index in [9.17, 15) is 4.79 Å². The van der Waals surface area contributed by atoms with Gasteiger partial charge in [-0.05, 0) is 32.6 Å². The molecule has 3 heteroatoms. The molecule has 1 saturated carbocycles. The zero-order chi connectivity index (χ0) is 10.1. The minimum atomic E-state index is 0.336. The van der Waals surface area contributed by atoms with Crippen LogP contribution in [0.3, 0.4) is 0 Å². The van der Waals surface area contributed by atoms with E-state index in [-0.39, 0.29) is 0 Å². The number of nitrogens with zero attached hydrogens (tertiary/aromatic N) is 1. The van der Waals surface area contributed by atoms with E-state index in [0.29, 0.717) is 17.9 Å². The van der Waals surface area contributed by atoms with Crippen LogP contribution < -0.4 is 5.32 Å². The van der Waals surface area contributed by atoms with E-state index in [1.54, 1.807) is 0 Å². The molecule has 80 valence electrons. The van der Waals surface area contributed by atoms with Crippen LogP contribution in [0.5, 0.6) is 0 Å². The highest BCUT2D eigenvalue weighted by Gasteiger charge is 2.32.